The number of para-hydroxylation sites is 1. The molecular formula is C29H27N3O3. The van der Waals surface area contributed by atoms with Crippen molar-refractivity contribution in [1.29, 1.82) is 0 Å². The molecule has 3 aromatic rings. The van der Waals surface area contributed by atoms with Crippen LogP contribution in [0.15, 0.2) is 95.0 Å². The Morgan fingerprint density at radius 3 is 2.43 bits per heavy atom. The number of aliphatic imine (C=N–C) groups is 1. The Bertz CT molecular complexity index is 1260. The summed E-state index contributed by atoms with van der Waals surface area (Å²) in [5.74, 6) is 0.0665. The van der Waals surface area contributed by atoms with Crippen molar-refractivity contribution in [2.45, 2.75) is 20.3 Å². The summed E-state index contributed by atoms with van der Waals surface area (Å²) in [4.78, 5) is 29.8. The molecule has 0 saturated carbocycles. The predicted octanol–water partition coefficient (Wildman–Crippen LogP) is 6.11. The number of hydrogen-bond acceptors (Lipinski definition) is 5. The van der Waals surface area contributed by atoms with Gasteiger partial charge in [0.15, 0.2) is 5.78 Å². The Morgan fingerprint density at radius 1 is 1.03 bits per heavy atom. The molecule has 1 amide bonds. The smallest absolute Gasteiger partial charge is 0.261 e. The molecule has 4 rings (SSSR count). The minimum atomic E-state index is -0.516. The van der Waals surface area contributed by atoms with E-state index in [9.17, 15) is 9.59 Å². The summed E-state index contributed by atoms with van der Waals surface area (Å²) in [7, 11) is 0. The average molecular weight is 466 g/mol. The largest absolute Gasteiger partial charge is 0.494 e. The van der Waals surface area contributed by atoms with E-state index < -0.39 is 5.92 Å². The Kier molecular flexibility index (Phi) is 7.63. The number of hydrazone groups is 1. The quantitative estimate of drug-likeness (QED) is 0.217. The number of hydrogen-bond donors (Lipinski definition) is 0. The van der Waals surface area contributed by atoms with E-state index in [1.165, 1.54) is 5.01 Å². The molecular weight excluding hydrogens is 438 g/mol. The van der Waals surface area contributed by atoms with Crippen LogP contribution in [0.2, 0.25) is 0 Å². The highest BCUT2D eigenvalue weighted by molar-refractivity contribution is 6.23. The highest BCUT2D eigenvalue weighted by atomic mass is 16.5. The Hall–Kier alpha value is -4.32. The second-order valence-corrected chi connectivity index (χ2v) is 8.14. The van der Waals surface area contributed by atoms with E-state index in [1.807, 2.05) is 61.5 Å². The topological polar surface area (TPSA) is 71.3 Å². The molecule has 0 saturated heterocycles. The zero-order chi connectivity index (χ0) is 24.6. The van der Waals surface area contributed by atoms with Gasteiger partial charge in [-0.25, -0.2) is 0 Å². The average Bonchev–Trinajstić information content (AvgIpc) is 3.19. The summed E-state index contributed by atoms with van der Waals surface area (Å²) in [6, 6.07) is 23.9. The van der Waals surface area contributed by atoms with E-state index in [-0.39, 0.29) is 11.7 Å². The summed E-state index contributed by atoms with van der Waals surface area (Å²) in [6.45, 7) is 4.56. The van der Waals surface area contributed by atoms with Crippen LogP contribution in [0.3, 0.4) is 0 Å². The molecule has 35 heavy (non-hydrogen) atoms. The lowest BCUT2D eigenvalue weighted by molar-refractivity contribution is -0.118. The van der Waals surface area contributed by atoms with Crippen LogP contribution in [0.1, 0.15) is 36.2 Å². The number of ether oxygens (including phenoxy) is 1. The lowest BCUT2D eigenvalue weighted by Crippen LogP contribution is -2.27. The van der Waals surface area contributed by atoms with Crippen molar-refractivity contribution in [3.63, 3.8) is 0 Å². The van der Waals surface area contributed by atoms with E-state index in [0.29, 0.717) is 23.6 Å². The number of allylic oxidation sites excluding steroid dienone is 1. The van der Waals surface area contributed by atoms with Gasteiger partial charge in [-0.05, 0) is 73.5 Å². The highest BCUT2D eigenvalue weighted by Crippen LogP contribution is 2.24. The van der Waals surface area contributed by atoms with Crippen molar-refractivity contribution in [3.8, 4) is 5.75 Å². The number of benzene rings is 3. The van der Waals surface area contributed by atoms with Crippen LogP contribution in [0.5, 0.6) is 5.75 Å². The molecule has 0 radical (unpaired) electrons. The molecule has 6 nitrogen and oxygen atoms in total. The standard InChI is InChI=1S/C29H27N3O3/c1-3-19-35-26-16-9-22(10-17-26)11-18-28(33)23-12-14-24(15-13-23)30-20-27-21(2)31-32(29(27)34)25-7-5-4-6-8-25/h4-18,20,27H,3,19H2,1-2H3/b18-11+,30-20?. The Morgan fingerprint density at radius 2 is 1.74 bits per heavy atom. The van der Waals surface area contributed by atoms with Gasteiger partial charge < -0.3 is 4.74 Å². The lowest BCUT2D eigenvalue weighted by Gasteiger charge is -2.12. The van der Waals surface area contributed by atoms with Gasteiger partial charge in [0, 0.05) is 11.8 Å². The Labute approximate surface area is 205 Å². The first-order chi connectivity index (χ1) is 17.0. The SMILES string of the molecule is CCCOc1ccc(/C=C/C(=O)c2ccc(N=CC3C(=O)N(c4ccccc4)N=C3C)cc2)cc1. The first-order valence-electron chi connectivity index (χ1n) is 11.6. The van der Waals surface area contributed by atoms with Crippen LogP contribution in [0.25, 0.3) is 6.08 Å². The van der Waals surface area contributed by atoms with Gasteiger partial charge >= 0.3 is 0 Å². The molecule has 0 fully saturated rings. The number of ketones is 1. The maximum Gasteiger partial charge on any atom is 0.261 e. The van der Waals surface area contributed by atoms with E-state index in [0.717, 1.165) is 23.4 Å². The third-order valence-electron chi connectivity index (χ3n) is 5.49. The molecule has 0 spiro atoms. The molecule has 176 valence electrons. The van der Waals surface area contributed by atoms with Gasteiger partial charge in [0.1, 0.15) is 11.7 Å². The summed E-state index contributed by atoms with van der Waals surface area (Å²) in [5, 5.41) is 5.79. The van der Waals surface area contributed by atoms with Gasteiger partial charge in [-0.1, -0.05) is 43.3 Å². The number of amides is 1. The van der Waals surface area contributed by atoms with Crippen LogP contribution in [-0.4, -0.2) is 30.2 Å². The van der Waals surface area contributed by atoms with Crippen molar-refractivity contribution < 1.29 is 14.3 Å². The highest BCUT2D eigenvalue weighted by Gasteiger charge is 2.33. The van der Waals surface area contributed by atoms with Crippen LogP contribution in [-0.2, 0) is 4.79 Å². The summed E-state index contributed by atoms with van der Waals surface area (Å²) in [6.07, 6.45) is 5.90. The third-order valence-corrected chi connectivity index (χ3v) is 5.49. The Balaban J connectivity index is 1.36. The van der Waals surface area contributed by atoms with Crippen LogP contribution in [0.4, 0.5) is 11.4 Å². The number of anilines is 1. The minimum Gasteiger partial charge on any atom is -0.494 e. The summed E-state index contributed by atoms with van der Waals surface area (Å²) < 4.78 is 5.58. The second kappa shape index (κ2) is 11.2. The number of carbonyl (C=O) groups is 2. The summed E-state index contributed by atoms with van der Waals surface area (Å²) in [5.41, 5.74) is 3.56. The molecule has 6 heteroatoms. The van der Waals surface area contributed by atoms with Crippen molar-refractivity contribution in [2.75, 3.05) is 11.6 Å². The zero-order valence-electron chi connectivity index (χ0n) is 19.8. The fourth-order valence-corrected chi connectivity index (χ4v) is 3.54. The normalized spacial score (nSPS) is 15.7. The van der Waals surface area contributed by atoms with E-state index in [2.05, 4.69) is 17.0 Å². The van der Waals surface area contributed by atoms with Crippen LogP contribution >= 0.6 is 0 Å². The van der Waals surface area contributed by atoms with Gasteiger partial charge in [-0.2, -0.15) is 10.1 Å². The fraction of sp³-hybridized carbons (Fsp3) is 0.172. The van der Waals surface area contributed by atoms with Crippen molar-refractivity contribution in [3.05, 3.63) is 96.1 Å². The molecule has 0 aromatic heterocycles. The van der Waals surface area contributed by atoms with Gasteiger partial charge in [0.05, 0.1) is 23.7 Å². The lowest BCUT2D eigenvalue weighted by atomic mass is 10.1. The maximum absolute atomic E-state index is 12.8. The molecule has 0 bridgehead atoms. The van der Waals surface area contributed by atoms with Gasteiger partial charge in [0.25, 0.3) is 5.91 Å². The van der Waals surface area contributed by atoms with Crippen molar-refractivity contribution in [1.82, 2.24) is 0 Å². The first kappa shape index (κ1) is 23.8. The zero-order valence-corrected chi connectivity index (χ0v) is 19.8. The molecule has 1 aliphatic rings. The van der Waals surface area contributed by atoms with Crippen LogP contribution in [0, 0.1) is 5.92 Å². The molecule has 1 atom stereocenters. The fourth-order valence-electron chi connectivity index (χ4n) is 3.54. The van der Waals surface area contributed by atoms with Crippen molar-refractivity contribution in [2.24, 2.45) is 16.0 Å². The van der Waals surface area contributed by atoms with Crippen molar-refractivity contribution >= 4 is 41.1 Å². The predicted molar refractivity (Wildman–Crippen MR) is 141 cm³/mol. The molecule has 0 N–H and O–H groups in total. The van der Waals surface area contributed by atoms with Gasteiger partial charge in [-0.3, -0.25) is 14.6 Å². The number of carbonyl (C=O) groups excluding carboxylic acids is 2. The second-order valence-electron chi connectivity index (χ2n) is 8.14. The maximum atomic E-state index is 12.8. The molecule has 1 heterocycles. The molecule has 3 aromatic carbocycles. The van der Waals surface area contributed by atoms with E-state index in [1.54, 1.807) is 42.6 Å². The minimum absolute atomic E-state index is 0.0979. The number of rotatable bonds is 9. The molecule has 0 aliphatic carbocycles. The van der Waals surface area contributed by atoms with Crippen LogP contribution < -0.4 is 9.75 Å². The molecule has 1 unspecified atom stereocenters. The summed E-state index contributed by atoms with van der Waals surface area (Å²) >= 11 is 0. The van der Waals surface area contributed by atoms with Gasteiger partial charge in [-0.15, -0.1) is 0 Å². The monoisotopic (exact) mass is 465 g/mol. The number of nitrogens with zero attached hydrogens (tertiary/aromatic N) is 3. The van der Waals surface area contributed by atoms with E-state index in [4.69, 9.17) is 4.74 Å². The third kappa shape index (κ3) is 5.98. The van der Waals surface area contributed by atoms with E-state index >= 15 is 0 Å². The van der Waals surface area contributed by atoms with Gasteiger partial charge in [0.2, 0.25) is 0 Å². The molecule has 1 aliphatic heterocycles. The first-order valence-corrected chi connectivity index (χ1v) is 11.6.